The van der Waals surface area contributed by atoms with Gasteiger partial charge in [0.1, 0.15) is 0 Å². The number of benzene rings is 2. The number of nitrogens with zero attached hydrogens (tertiary/aromatic N) is 2. The lowest BCUT2D eigenvalue weighted by Gasteiger charge is -2.30. The minimum Gasteiger partial charge on any atom is -0.319 e. The second-order valence-corrected chi connectivity index (χ2v) is 9.20. The van der Waals surface area contributed by atoms with Crippen molar-refractivity contribution >= 4 is 23.3 Å². The zero-order chi connectivity index (χ0) is 21.3. The van der Waals surface area contributed by atoms with Crippen LogP contribution < -0.4 is 5.32 Å². The average Bonchev–Trinajstić information content (AvgIpc) is 3.53. The minimum atomic E-state index is -1.09. The molecule has 0 radical (unpaired) electrons. The predicted molar refractivity (Wildman–Crippen MR) is 122 cm³/mol. The first-order valence-corrected chi connectivity index (χ1v) is 11.6. The molecule has 6 heteroatoms. The van der Waals surface area contributed by atoms with Crippen LogP contribution in [0.15, 0.2) is 78.2 Å². The largest absolute Gasteiger partial charge is 0.326 e. The van der Waals surface area contributed by atoms with Crippen molar-refractivity contribution in [1.82, 2.24) is 15.1 Å². The quantitative estimate of drug-likeness (QED) is 0.584. The van der Waals surface area contributed by atoms with Crippen LogP contribution >= 0.6 is 11.3 Å². The molecule has 0 aliphatic carbocycles. The molecular weight excluding hydrogens is 406 g/mol. The van der Waals surface area contributed by atoms with E-state index >= 15 is 0 Å². The van der Waals surface area contributed by atoms with Gasteiger partial charge in [0.2, 0.25) is 0 Å². The molecule has 0 saturated carbocycles. The van der Waals surface area contributed by atoms with Gasteiger partial charge in [0.25, 0.3) is 5.91 Å². The Morgan fingerprint density at radius 2 is 1.71 bits per heavy atom. The molecule has 2 aliphatic heterocycles. The van der Waals surface area contributed by atoms with E-state index in [2.05, 4.69) is 27.7 Å². The summed E-state index contributed by atoms with van der Waals surface area (Å²) in [7, 11) is 0. The van der Waals surface area contributed by atoms with Crippen LogP contribution in [0.3, 0.4) is 0 Å². The Kier molecular flexibility index (Phi) is 5.34. The Morgan fingerprint density at radius 1 is 0.968 bits per heavy atom. The SMILES string of the molecule is O=C1N[C@@](Cc2ccccc2)(c2ccccc2)C(=O)N1CN1CCC[C@H]1c1cccs1. The molecule has 3 heterocycles. The number of carbonyl (C=O) groups excluding carboxylic acids is 2. The van der Waals surface area contributed by atoms with Gasteiger partial charge in [-0.15, -0.1) is 11.3 Å². The third kappa shape index (κ3) is 3.66. The van der Waals surface area contributed by atoms with Gasteiger partial charge in [-0.1, -0.05) is 66.7 Å². The third-order valence-electron chi connectivity index (χ3n) is 6.31. The maximum Gasteiger partial charge on any atom is 0.326 e. The molecule has 1 aromatic heterocycles. The molecule has 3 amide bonds. The molecule has 158 valence electrons. The van der Waals surface area contributed by atoms with E-state index in [1.54, 1.807) is 11.3 Å². The fourth-order valence-electron chi connectivity index (χ4n) is 4.78. The van der Waals surface area contributed by atoms with E-state index in [0.29, 0.717) is 13.1 Å². The summed E-state index contributed by atoms with van der Waals surface area (Å²) in [6.45, 7) is 1.20. The van der Waals surface area contributed by atoms with Crippen LogP contribution in [0.25, 0.3) is 0 Å². The van der Waals surface area contributed by atoms with E-state index in [1.165, 1.54) is 9.78 Å². The van der Waals surface area contributed by atoms with Gasteiger partial charge in [0.05, 0.1) is 6.67 Å². The highest BCUT2D eigenvalue weighted by Gasteiger charge is 2.53. The lowest BCUT2D eigenvalue weighted by atomic mass is 9.83. The number of carbonyl (C=O) groups is 2. The van der Waals surface area contributed by atoms with Crippen LogP contribution in [-0.2, 0) is 16.8 Å². The highest BCUT2D eigenvalue weighted by Crippen LogP contribution is 2.37. The highest BCUT2D eigenvalue weighted by molar-refractivity contribution is 7.10. The first-order valence-electron chi connectivity index (χ1n) is 10.7. The molecule has 2 aromatic carbocycles. The van der Waals surface area contributed by atoms with Crippen molar-refractivity contribution in [3.05, 3.63) is 94.2 Å². The van der Waals surface area contributed by atoms with E-state index in [1.807, 2.05) is 60.7 Å². The topological polar surface area (TPSA) is 52.7 Å². The number of nitrogens with one attached hydrogen (secondary N) is 1. The van der Waals surface area contributed by atoms with Crippen LogP contribution in [-0.4, -0.2) is 35.0 Å². The van der Waals surface area contributed by atoms with Crippen molar-refractivity contribution in [2.75, 3.05) is 13.2 Å². The van der Waals surface area contributed by atoms with Gasteiger partial charge in [-0.05, 0) is 35.4 Å². The second kappa shape index (κ2) is 8.29. The van der Waals surface area contributed by atoms with Crippen molar-refractivity contribution in [2.24, 2.45) is 0 Å². The van der Waals surface area contributed by atoms with Crippen LogP contribution in [0.1, 0.15) is 34.9 Å². The van der Waals surface area contributed by atoms with Crippen LogP contribution in [0.4, 0.5) is 4.79 Å². The van der Waals surface area contributed by atoms with Crippen molar-refractivity contribution in [1.29, 1.82) is 0 Å². The predicted octanol–water partition coefficient (Wildman–Crippen LogP) is 4.53. The van der Waals surface area contributed by atoms with E-state index in [9.17, 15) is 9.59 Å². The number of imide groups is 1. The standard InChI is InChI=1S/C25H25N3O2S/c29-23-25(20-11-5-2-6-12-20,17-19-9-3-1-4-10-19)26-24(30)28(23)18-27-15-7-13-21(27)22-14-8-16-31-22/h1-6,8-12,14,16,21H,7,13,15,17-18H2,(H,26,30)/t21-,25-/m0/s1. The molecule has 3 aromatic rings. The number of hydrogen-bond donors (Lipinski definition) is 1. The molecule has 2 saturated heterocycles. The number of amides is 3. The number of rotatable bonds is 6. The Balaban J connectivity index is 1.45. The molecule has 1 N–H and O–H groups in total. The summed E-state index contributed by atoms with van der Waals surface area (Å²) in [6, 6.07) is 23.6. The smallest absolute Gasteiger partial charge is 0.319 e. The summed E-state index contributed by atoms with van der Waals surface area (Å²) in [6.07, 6.45) is 2.55. The Morgan fingerprint density at radius 3 is 2.42 bits per heavy atom. The summed E-state index contributed by atoms with van der Waals surface area (Å²) in [5, 5.41) is 5.15. The summed E-state index contributed by atoms with van der Waals surface area (Å²) >= 11 is 1.74. The van der Waals surface area contributed by atoms with E-state index in [4.69, 9.17) is 0 Å². The minimum absolute atomic E-state index is 0.176. The van der Waals surface area contributed by atoms with Crippen LogP contribution in [0.5, 0.6) is 0 Å². The molecule has 31 heavy (non-hydrogen) atoms. The maximum atomic E-state index is 13.8. The first kappa shape index (κ1) is 20.0. The molecule has 2 fully saturated rings. The average molecular weight is 432 g/mol. The van der Waals surface area contributed by atoms with Gasteiger partial charge < -0.3 is 5.32 Å². The van der Waals surface area contributed by atoms with Crippen LogP contribution in [0, 0.1) is 0 Å². The molecular formula is C25H25N3O2S. The fourth-order valence-corrected chi connectivity index (χ4v) is 5.67. The zero-order valence-electron chi connectivity index (χ0n) is 17.2. The van der Waals surface area contributed by atoms with Crippen LogP contribution in [0.2, 0.25) is 0 Å². The van der Waals surface area contributed by atoms with E-state index < -0.39 is 5.54 Å². The van der Waals surface area contributed by atoms with Crippen molar-refractivity contribution in [3.8, 4) is 0 Å². The molecule has 0 spiro atoms. The Labute approximate surface area is 186 Å². The van der Waals surface area contributed by atoms with Gasteiger partial charge in [-0.2, -0.15) is 0 Å². The lowest BCUT2D eigenvalue weighted by Crippen LogP contribution is -2.47. The van der Waals surface area contributed by atoms with Crippen molar-refractivity contribution in [3.63, 3.8) is 0 Å². The highest BCUT2D eigenvalue weighted by atomic mass is 32.1. The molecule has 2 atom stereocenters. The first-order chi connectivity index (χ1) is 15.2. The second-order valence-electron chi connectivity index (χ2n) is 8.22. The Hall–Kier alpha value is -2.96. The Bertz CT molecular complexity index is 1050. The molecule has 0 bridgehead atoms. The van der Waals surface area contributed by atoms with Gasteiger partial charge in [-0.3, -0.25) is 9.69 Å². The van der Waals surface area contributed by atoms with Gasteiger partial charge in [0.15, 0.2) is 5.54 Å². The third-order valence-corrected chi connectivity index (χ3v) is 7.29. The molecule has 5 rings (SSSR count). The van der Waals surface area contributed by atoms with Gasteiger partial charge >= 0.3 is 6.03 Å². The molecule has 5 nitrogen and oxygen atoms in total. The van der Waals surface area contributed by atoms with Crippen molar-refractivity contribution < 1.29 is 9.59 Å². The summed E-state index contributed by atoms with van der Waals surface area (Å²) in [4.78, 5) is 31.9. The monoisotopic (exact) mass is 431 g/mol. The van der Waals surface area contributed by atoms with E-state index in [-0.39, 0.29) is 18.0 Å². The summed E-state index contributed by atoms with van der Waals surface area (Å²) in [5.74, 6) is -0.176. The zero-order valence-corrected chi connectivity index (χ0v) is 18.1. The summed E-state index contributed by atoms with van der Waals surface area (Å²) < 4.78 is 0. The maximum absolute atomic E-state index is 13.8. The fraction of sp³-hybridized carbons (Fsp3) is 0.280. The summed E-state index contributed by atoms with van der Waals surface area (Å²) in [5.41, 5.74) is 0.744. The van der Waals surface area contributed by atoms with Gasteiger partial charge in [0, 0.05) is 23.9 Å². The number of urea groups is 1. The van der Waals surface area contributed by atoms with E-state index in [0.717, 1.165) is 30.5 Å². The molecule has 2 aliphatic rings. The molecule has 0 unspecified atom stereocenters. The number of likely N-dealkylation sites (tertiary alicyclic amines) is 1. The normalized spacial score (nSPS) is 24.0. The number of hydrogen-bond acceptors (Lipinski definition) is 4. The van der Waals surface area contributed by atoms with Crippen molar-refractivity contribution in [2.45, 2.75) is 30.8 Å². The number of thiophene rings is 1. The van der Waals surface area contributed by atoms with Gasteiger partial charge in [-0.25, -0.2) is 9.69 Å². The lowest BCUT2D eigenvalue weighted by molar-refractivity contribution is -0.133.